The normalized spacial score (nSPS) is 10.5. The Morgan fingerprint density at radius 2 is 2.22 bits per heavy atom. The van der Waals surface area contributed by atoms with Gasteiger partial charge in [-0.15, -0.1) is 0 Å². The maximum Gasteiger partial charge on any atom is 0.277 e. The molecule has 0 aliphatic rings. The molecule has 7 nitrogen and oxygen atoms in total. The fraction of sp³-hybridized carbons (Fsp3) is 0.133. The second kappa shape index (κ2) is 6.30. The number of amides is 1. The van der Waals surface area contributed by atoms with E-state index in [1.807, 2.05) is 0 Å². The van der Waals surface area contributed by atoms with E-state index in [0.717, 1.165) is 0 Å². The molecule has 0 fully saturated rings. The van der Waals surface area contributed by atoms with Crippen molar-refractivity contribution in [3.05, 3.63) is 59.9 Å². The molecule has 2 heterocycles. The molecule has 23 heavy (non-hydrogen) atoms. The number of benzene rings is 1. The van der Waals surface area contributed by atoms with Gasteiger partial charge in [-0.1, -0.05) is 17.3 Å². The molecule has 0 saturated heterocycles. The maximum absolute atomic E-state index is 13.4. The molecule has 0 atom stereocenters. The Bertz CT molecular complexity index is 828. The number of ether oxygens (including phenoxy) is 1. The SMILES string of the molecule is Cc1cc(NC(=O)c2ccn(COc3ccccc3F)n2)no1. The number of nitrogens with zero attached hydrogens (tertiary/aromatic N) is 3. The zero-order valence-corrected chi connectivity index (χ0v) is 12.2. The van der Waals surface area contributed by atoms with Gasteiger partial charge in [-0.2, -0.15) is 5.10 Å². The van der Waals surface area contributed by atoms with Crippen LogP contribution in [0.4, 0.5) is 10.2 Å². The van der Waals surface area contributed by atoms with Crippen LogP contribution < -0.4 is 10.1 Å². The highest BCUT2D eigenvalue weighted by molar-refractivity contribution is 6.02. The van der Waals surface area contributed by atoms with Crippen molar-refractivity contribution in [3.63, 3.8) is 0 Å². The van der Waals surface area contributed by atoms with Crippen LogP contribution >= 0.6 is 0 Å². The largest absolute Gasteiger partial charge is 0.468 e. The van der Waals surface area contributed by atoms with E-state index in [2.05, 4.69) is 15.6 Å². The monoisotopic (exact) mass is 316 g/mol. The summed E-state index contributed by atoms with van der Waals surface area (Å²) in [4.78, 5) is 12.0. The summed E-state index contributed by atoms with van der Waals surface area (Å²) >= 11 is 0. The molecule has 1 amide bonds. The number of carbonyl (C=O) groups excluding carboxylic acids is 1. The van der Waals surface area contributed by atoms with E-state index in [9.17, 15) is 9.18 Å². The van der Waals surface area contributed by atoms with Crippen molar-refractivity contribution in [2.75, 3.05) is 5.32 Å². The molecule has 1 N–H and O–H groups in total. The van der Waals surface area contributed by atoms with Gasteiger partial charge in [0.2, 0.25) is 0 Å². The summed E-state index contributed by atoms with van der Waals surface area (Å²) in [5.74, 6) is 0.128. The van der Waals surface area contributed by atoms with Crippen molar-refractivity contribution in [1.82, 2.24) is 14.9 Å². The molecule has 3 aromatic rings. The molecule has 0 unspecified atom stereocenters. The Morgan fingerprint density at radius 3 is 2.96 bits per heavy atom. The second-order valence-electron chi connectivity index (χ2n) is 4.72. The van der Waals surface area contributed by atoms with E-state index >= 15 is 0 Å². The molecule has 8 heteroatoms. The molecular weight excluding hydrogens is 303 g/mol. The first-order valence-electron chi connectivity index (χ1n) is 6.77. The quantitative estimate of drug-likeness (QED) is 0.782. The summed E-state index contributed by atoms with van der Waals surface area (Å²) in [6.07, 6.45) is 1.56. The molecule has 2 aromatic heterocycles. The fourth-order valence-corrected chi connectivity index (χ4v) is 1.86. The van der Waals surface area contributed by atoms with E-state index in [-0.39, 0.29) is 18.2 Å². The van der Waals surface area contributed by atoms with E-state index in [4.69, 9.17) is 9.26 Å². The smallest absolute Gasteiger partial charge is 0.277 e. The minimum atomic E-state index is -0.459. The Labute approximate surface area is 130 Å². The van der Waals surface area contributed by atoms with Gasteiger partial charge in [-0.3, -0.25) is 4.79 Å². The lowest BCUT2D eigenvalue weighted by molar-refractivity contribution is 0.101. The van der Waals surface area contributed by atoms with Gasteiger partial charge < -0.3 is 14.6 Å². The highest BCUT2D eigenvalue weighted by Gasteiger charge is 2.12. The lowest BCUT2D eigenvalue weighted by Gasteiger charge is -2.06. The standard InChI is InChI=1S/C15H13FN4O3/c1-10-8-14(19-23-10)17-15(21)12-6-7-20(18-12)9-22-13-5-3-2-4-11(13)16/h2-8H,9H2,1H3,(H,17,19,21). The van der Waals surface area contributed by atoms with Crippen molar-refractivity contribution in [3.8, 4) is 5.75 Å². The van der Waals surface area contributed by atoms with Gasteiger partial charge in [0.25, 0.3) is 5.91 Å². The number of aromatic nitrogens is 3. The third-order valence-corrected chi connectivity index (χ3v) is 2.93. The summed E-state index contributed by atoms with van der Waals surface area (Å²) < 4.78 is 25.0. The van der Waals surface area contributed by atoms with Crippen LogP contribution in [0.2, 0.25) is 0 Å². The van der Waals surface area contributed by atoms with Crippen molar-refractivity contribution < 1.29 is 18.4 Å². The first kappa shape index (κ1) is 14.8. The van der Waals surface area contributed by atoms with Crippen LogP contribution in [-0.2, 0) is 6.73 Å². The molecule has 0 aliphatic heterocycles. The Kier molecular flexibility index (Phi) is 4.05. The van der Waals surface area contributed by atoms with Gasteiger partial charge in [0.15, 0.2) is 29.8 Å². The zero-order chi connectivity index (χ0) is 16.2. The number of hydrogen-bond donors (Lipinski definition) is 1. The van der Waals surface area contributed by atoms with E-state index in [0.29, 0.717) is 11.6 Å². The van der Waals surface area contributed by atoms with E-state index in [1.165, 1.54) is 22.9 Å². The third-order valence-electron chi connectivity index (χ3n) is 2.93. The van der Waals surface area contributed by atoms with Crippen molar-refractivity contribution in [2.24, 2.45) is 0 Å². The molecule has 0 spiro atoms. The Morgan fingerprint density at radius 1 is 1.39 bits per heavy atom. The minimum absolute atomic E-state index is 0.0166. The number of carbonyl (C=O) groups is 1. The molecular formula is C15H13FN4O3. The number of hydrogen-bond acceptors (Lipinski definition) is 5. The number of para-hydroxylation sites is 1. The van der Waals surface area contributed by atoms with Gasteiger partial charge in [-0.05, 0) is 25.1 Å². The number of anilines is 1. The Balaban J connectivity index is 1.61. The highest BCUT2D eigenvalue weighted by Crippen LogP contribution is 2.15. The number of aryl methyl sites for hydroxylation is 1. The molecule has 0 radical (unpaired) electrons. The Hall–Kier alpha value is -3.16. The topological polar surface area (TPSA) is 82.2 Å². The third kappa shape index (κ3) is 3.54. The predicted molar refractivity (Wildman–Crippen MR) is 78.4 cm³/mol. The van der Waals surface area contributed by atoms with Crippen molar-refractivity contribution in [1.29, 1.82) is 0 Å². The predicted octanol–water partition coefficient (Wildman–Crippen LogP) is 2.61. The molecule has 118 valence electrons. The summed E-state index contributed by atoms with van der Waals surface area (Å²) in [6, 6.07) is 9.17. The van der Waals surface area contributed by atoms with Crippen LogP contribution in [0.1, 0.15) is 16.2 Å². The minimum Gasteiger partial charge on any atom is -0.468 e. The van der Waals surface area contributed by atoms with Gasteiger partial charge >= 0.3 is 0 Å². The van der Waals surface area contributed by atoms with Crippen molar-refractivity contribution in [2.45, 2.75) is 13.7 Å². The van der Waals surface area contributed by atoms with Crippen LogP contribution in [0.3, 0.4) is 0 Å². The number of rotatable bonds is 5. The lowest BCUT2D eigenvalue weighted by Crippen LogP contribution is -2.14. The maximum atomic E-state index is 13.4. The van der Waals surface area contributed by atoms with Crippen LogP contribution in [0.15, 0.2) is 47.1 Å². The van der Waals surface area contributed by atoms with Gasteiger partial charge in [-0.25, -0.2) is 9.07 Å². The number of nitrogens with one attached hydrogen (secondary N) is 1. The average molecular weight is 316 g/mol. The van der Waals surface area contributed by atoms with Crippen molar-refractivity contribution >= 4 is 11.7 Å². The summed E-state index contributed by atoms with van der Waals surface area (Å²) in [6.45, 7) is 1.70. The highest BCUT2D eigenvalue weighted by atomic mass is 19.1. The fourth-order valence-electron chi connectivity index (χ4n) is 1.86. The zero-order valence-electron chi connectivity index (χ0n) is 12.2. The van der Waals surface area contributed by atoms with E-state index < -0.39 is 11.7 Å². The van der Waals surface area contributed by atoms with Crippen LogP contribution in [0.5, 0.6) is 5.75 Å². The summed E-state index contributed by atoms with van der Waals surface area (Å²) in [7, 11) is 0. The first-order valence-corrected chi connectivity index (χ1v) is 6.77. The molecule has 3 rings (SSSR count). The van der Waals surface area contributed by atoms with Gasteiger partial charge in [0.1, 0.15) is 5.76 Å². The molecule has 0 bridgehead atoms. The van der Waals surface area contributed by atoms with Gasteiger partial charge in [0.05, 0.1) is 0 Å². The summed E-state index contributed by atoms with van der Waals surface area (Å²) in [5, 5.41) is 10.3. The molecule has 1 aromatic carbocycles. The van der Waals surface area contributed by atoms with Crippen LogP contribution in [-0.4, -0.2) is 20.8 Å². The second-order valence-corrected chi connectivity index (χ2v) is 4.72. The first-order chi connectivity index (χ1) is 11.1. The summed E-state index contributed by atoms with van der Waals surface area (Å²) in [5.41, 5.74) is 0.183. The number of halogens is 1. The molecule has 0 saturated carbocycles. The van der Waals surface area contributed by atoms with Gasteiger partial charge in [0, 0.05) is 12.3 Å². The van der Waals surface area contributed by atoms with E-state index in [1.54, 1.807) is 31.3 Å². The molecule has 0 aliphatic carbocycles. The lowest BCUT2D eigenvalue weighted by atomic mass is 10.3. The van der Waals surface area contributed by atoms with Crippen LogP contribution in [0, 0.1) is 12.7 Å². The van der Waals surface area contributed by atoms with Crippen LogP contribution in [0.25, 0.3) is 0 Å². The average Bonchev–Trinajstić information content (AvgIpc) is 3.16.